The number of aromatic amines is 1. The van der Waals surface area contributed by atoms with E-state index in [0.717, 1.165) is 5.56 Å². The molecule has 0 spiro atoms. The third-order valence-electron chi connectivity index (χ3n) is 2.78. The number of nitrogens with zero attached hydrogens (tertiary/aromatic N) is 2. The smallest absolute Gasteiger partial charge is 0.270 e. The van der Waals surface area contributed by atoms with E-state index in [2.05, 4.69) is 20.5 Å². The van der Waals surface area contributed by atoms with Gasteiger partial charge in [0.2, 0.25) is 5.95 Å². The summed E-state index contributed by atoms with van der Waals surface area (Å²) in [6, 6.07) is 9.78. The van der Waals surface area contributed by atoms with Gasteiger partial charge in [-0.2, -0.15) is 5.10 Å². The number of rotatable bonds is 3. The number of anilines is 1. The lowest BCUT2D eigenvalue weighted by atomic mass is 10.2. The van der Waals surface area contributed by atoms with Gasteiger partial charge in [0.1, 0.15) is 4.70 Å². The van der Waals surface area contributed by atoms with Gasteiger partial charge in [0.05, 0.1) is 11.7 Å². The fraction of sp³-hybridized carbons (Fsp3) is 0.0714. The third-order valence-corrected chi connectivity index (χ3v) is 3.68. The van der Waals surface area contributed by atoms with Crippen molar-refractivity contribution in [2.45, 2.75) is 6.92 Å². The second-order valence-electron chi connectivity index (χ2n) is 4.33. The molecule has 0 fully saturated rings. The van der Waals surface area contributed by atoms with Crippen molar-refractivity contribution < 1.29 is 0 Å². The minimum atomic E-state index is -0.155. The number of nitrogens with one attached hydrogen (secondary N) is 2. The van der Waals surface area contributed by atoms with E-state index in [1.165, 1.54) is 16.9 Å². The Bertz CT molecular complexity index is 817. The molecule has 0 unspecified atom stereocenters. The zero-order valence-electron chi connectivity index (χ0n) is 10.8. The largest absolute Gasteiger partial charge is 0.290 e. The predicted molar refractivity (Wildman–Crippen MR) is 82.6 cm³/mol. The van der Waals surface area contributed by atoms with Gasteiger partial charge in [-0.05, 0) is 23.9 Å². The highest BCUT2D eigenvalue weighted by Crippen LogP contribution is 2.14. The van der Waals surface area contributed by atoms with Gasteiger partial charge in [-0.15, -0.1) is 11.3 Å². The maximum atomic E-state index is 11.8. The summed E-state index contributed by atoms with van der Waals surface area (Å²) in [6.45, 7) is 2.03. The fourth-order valence-electron chi connectivity index (χ4n) is 1.75. The molecule has 0 bridgehead atoms. The summed E-state index contributed by atoms with van der Waals surface area (Å²) in [5, 5.41) is 5.91. The number of H-pyrrole nitrogens is 1. The number of thiophene rings is 1. The highest BCUT2D eigenvalue weighted by Gasteiger charge is 2.03. The lowest BCUT2D eigenvalue weighted by molar-refractivity contribution is 1.13. The zero-order chi connectivity index (χ0) is 13.9. The van der Waals surface area contributed by atoms with Crippen LogP contribution in [0.25, 0.3) is 10.2 Å². The Morgan fingerprint density at radius 2 is 2.10 bits per heavy atom. The molecule has 0 saturated heterocycles. The minimum Gasteiger partial charge on any atom is -0.290 e. The Kier molecular flexibility index (Phi) is 3.30. The van der Waals surface area contributed by atoms with E-state index in [0.29, 0.717) is 16.2 Å². The van der Waals surface area contributed by atoms with Crippen LogP contribution in [0.1, 0.15) is 11.1 Å². The Morgan fingerprint density at radius 3 is 2.90 bits per heavy atom. The first-order chi connectivity index (χ1) is 9.72. The third kappa shape index (κ3) is 2.60. The van der Waals surface area contributed by atoms with Crippen molar-refractivity contribution in [3.8, 4) is 0 Å². The van der Waals surface area contributed by atoms with Crippen LogP contribution in [-0.2, 0) is 0 Å². The van der Waals surface area contributed by atoms with Crippen LogP contribution in [0, 0.1) is 6.92 Å². The van der Waals surface area contributed by atoms with Crippen molar-refractivity contribution in [1.29, 1.82) is 0 Å². The van der Waals surface area contributed by atoms with E-state index >= 15 is 0 Å². The van der Waals surface area contributed by atoms with Crippen LogP contribution in [0.3, 0.4) is 0 Å². The lowest BCUT2D eigenvalue weighted by Crippen LogP contribution is -2.09. The maximum Gasteiger partial charge on any atom is 0.270 e. The van der Waals surface area contributed by atoms with Crippen LogP contribution in [0.2, 0.25) is 0 Å². The summed E-state index contributed by atoms with van der Waals surface area (Å²) in [5.74, 6) is 0.337. The normalized spacial score (nSPS) is 11.2. The molecule has 0 saturated carbocycles. The molecule has 2 aromatic heterocycles. The number of fused-ring (bicyclic) bond motifs is 1. The van der Waals surface area contributed by atoms with Crippen LogP contribution < -0.4 is 11.0 Å². The molecule has 0 atom stereocenters. The van der Waals surface area contributed by atoms with E-state index in [-0.39, 0.29) is 5.56 Å². The summed E-state index contributed by atoms with van der Waals surface area (Å²) in [5.41, 5.74) is 5.43. The van der Waals surface area contributed by atoms with Gasteiger partial charge in [-0.25, -0.2) is 10.4 Å². The molecule has 0 aliphatic heterocycles. The minimum absolute atomic E-state index is 0.155. The second kappa shape index (κ2) is 5.26. The molecule has 2 N–H and O–H groups in total. The molecule has 3 aromatic rings. The highest BCUT2D eigenvalue weighted by atomic mass is 32.1. The zero-order valence-corrected chi connectivity index (χ0v) is 11.6. The molecular formula is C14H12N4OS. The average Bonchev–Trinajstić information content (AvgIpc) is 2.90. The van der Waals surface area contributed by atoms with Gasteiger partial charge < -0.3 is 0 Å². The van der Waals surface area contributed by atoms with Crippen LogP contribution in [0.4, 0.5) is 5.95 Å². The average molecular weight is 284 g/mol. The van der Waals surface area contributed by atoms with E-state index in [9.17, 15) is 4.79 Å². The molecule has 2 heterocycles. The van der Waals surface area contributed by atoms with E-state index in [1.807, 2.05) is 42.6 Å². The Balaban J connectivity index is 1.79. The van der Waals surface area contributed by atoms with Crippen molar-refractivity contribution in [3.05, 3.63) is 57.2 Å². The standard InChI is InChI=1S/C14H12N4OS/c1-9-2-4-10(5-3-9)8-15-18-14-16-11-6-7-20-12(11)13(19)17-14/h2-8H,1H3,(H2,16,17,18,19)/b15-8+. The van der Waals surface area contributed by atoms with Gasteiger partial charge in [0.25, 0.3) is 5.56 Å². The summed E-state index contributed by atoms with van der Waals surface area (Å²) in [4.78, 5) is 18.7. The number of aromatic nitrogens is 2. The molecule has 0 radical (unpaired) electrons. The molecule has 0 amide bonds. The van der Waals surface area contributed by atoms with Crippen molar-refractivity contribution in [1.82, 2.24) is 9.97 Å². The first-order valence-corrected chi connectivity index (χ1v) is 6.93. The molecule has 100 valence electrons. The molecule has 1 aromatic carbocycles. The lowest BCUT2D eigenvalue weighted by Gasteiger charge is -1.99. The highest BCUT2D eigenvalue weighted by molar-refractivity contribution is 7.17. The van der Waals surface area contributed by atoms with Crippen molar-refractivity contribution >= 4 is 33.7 Å². The van der Waals surface area contributed by atoms with Crippen LogP contribution in [0.5, 0.6) is 0 Å². The van der Waals surface area contributed by atoms with E-state index in [1.54, 1.807) is 6.21 Å². The van der Waals surface area contributed by atoms with Crippen molar-refractivity contribution in [3.63, 3.8) is 0 Å². The topological polar surface area (TPSA) is 70.1 Å². The number of aryl methyl sites for hydroxylation is 1. The Morgan fingerprint density at radius 1 is 1.30 bits per heavy atom. The number of hydrogen-bond donors (Lipinski definition) is 2. The van der Waals surface area contributed by atoms with Gasteiger partial charge in [-0.3, -0.25) is 9.78 Å². The summed E-state index contributed by atoms with van der Waals surface area (Å²) >= 11 is 1.37. The van der Waals surface area contributed by atoms with Crippen molar-refractivity contribution in [2.24, 2.45) is 5.10 Å². The van der Waals surface area contributed by atoms with E-state index in [4.69, 9.17) is 0 Å². The number of hydrogen-bond acceptors (Lipinski definition) is 5. The van der Waals surface area contributed by atoms with Crippen LogP contribution >= 0.6 is 11.3 Å². The summed E-state index contributed by atoms with van der Waals surface area (Å²) in [6.07, 6.45) is 1.68. The first kappa shape index (κ1) is 12.6. The van der Waals surface area contributed by atoms with Gasteiger partial charge in [-0.1, -0.05) is 29.8 Å². The quantitative estimate of drug-likeness (QED) is 0.574. The molecule has 5 nitrogen and oxygen atoms in total. The van der Waals surface area contributed by atoms with Gasteiger partial charge in [0, 0.05) is 0 Å². The SMILES string of the molecule is Cc1ccc(/C=N/Nc2nc3ccsc3c(=O)[nH]2)cc1. The maximum absolute atomic E-state index is 11.8. The Labute approximate surface area is 119 Å². The van der Waals surface area contributed by atoms with Gasteiger partial charge in [0.15, 0.2) is 0 Å². The van der Waals surface area contributed by atoms with Crippen LogP contribution in [-0.4, -0.2) is 16.2 Å². The molecule has 0 aliphatic rings. The molecular weight excluding hydrogens is 272 g/mol. The number of hydrazone groups is 1. The summed E-state index contributed by atoms with van der Waals surface area (Å²) in [7, 11) is 0. The monoisotopic (exact) mass is 284 g/mol. The molecule has 0 aliphatic carbocycles. The van der Waals surface area contributed by atoms with E-state index < -0.39 is 0 Å². The van der Waals surface area contributed by atoms with Crippen molar-refractivity contribution in [2.75, 3.05) is 5.43 Å². The first-order valence-electron chi connectivity index (χ1n) is 6.06. The Hall–Kier alpha value is -2.47. The van der Waals surface area contributed by atoms with Crippen LogP contribution in [0.15, 0.2) is 45.6 Å². The number of benzene rings is 1. The molecule has 6 heteroatoms. The molecule has 20 heavy (non-hydrogen) atoms. The predicted octanol–water partition coefficient (Wildman–Crippen LogP) is 2.74. The summed E-state index contributed by atoms with van der Waals surface area (Å²) < 4.78 is 0.623. The fourth-order valence-corrected chi connectivity index (χ4v) is 2.47. The second-order valence-corrected chi connectivity index (χ2v) is 5.25. The molecule has 3 rings (SSSR count). The van der Waals surface area contributed by atoms with Gasteiger partial charge >= 0.3 is 0 Å².